The molecule has 0 aromatic carbocycles. The standard InChI is InChI=1S/C3H9S2/c1-4-5(2)3/h1-3H3/q+1. The highest BCUT2D eigenvalue weighted by Gasteiger charge is 1.92. The molecule has 0 heterocycles. The van der Waals surface area contributed by atoms with E-state index in [-0.39, 0.29) is 0 Å². The van der Waals surface area contributed by atoms with Crippen LogP contribution >= 0.6 is 10.8 Å². The van der Waals surface area contributed by atoms with E-state index in [9.17, 15) is 0 Å². The molecule has 0 aliphatic carbocycles. The molecule has 0 unspecified atom stereocenters. The summed E-state index contributed by atoms with van der Waals surface area (Å²) in [7, 11) is 2.50. The zero-order valence-electron chi connectivity index (χ0n) is 3.82. The second kappa shape index (κ2) is 2.91. The quantitative estimate of drug-likeness (QED) is 0.359. The van der Waals surface area contributed by atoms with Crippen LogP contribution in [0.4, 0.5) is 0 Å². The molecule has 0 saturated carbocycles. The fraction of sp³-hybridized carbons (Fsp3) is 1.00. The minimum Gasteiger partial charge on any atom is 0.0317 e. The lowest BCUT2D eigenvalue weighted by molar-refractivity contribution is 2.33. The van der Waals surface area contributed by atoms with Gasteiger partial charge < -0.3 is 0 Å². The number of rotatable bonds is 1. The summed E-state index contributed by atoms with van der Waals surface area (Å²) in [5, 5.41) is 0. The molecule has 0 radical (unpaired) electrons. The van der Waals surface area contributed by atoms with Crippen LogP contribution in [0, 0.1) is 0 Å². The van der Waals surface area contributed by atoms with Crippen LogP contribution in [-0.2, 0) is 9.93 Å². The first-order valence-electron chi connectivity index (χ1n) is 1.39. The van der Waals surface area contributed by atoms with Gasteiger partial charge in [0.05, 0.1) is 20.7 Å². The van der Waals surface area contributed by atoms with Crippen LogP contribution in [0.1, 0.15) is 0 Å². The third-order valence-electron chi connectivity index (χ3n) is 0.333. The topological polar surface area (TPSA) is 0 Å². The van der Waals surface area contributed by atoms with Crippen LogP contribution in [-0.4, -0.2) is 18.8 Å². The van der Waals surface area contributed by atoms with Crippen molar-refractivity contribution >= 4 is 20.7 Å². The molecule has 0 saturated heterocycles. The molecule has 0 N–H and O–H groups in total. The van der Waals surface area contributed by atoms with Crippen molar-refractivity contribution in [2.24, 2.45) is 0 Å². The van der Waals surface area contributed by atoms with E-state index in [1.807, 2.05) is 10.8 Å². The highest BCUT2D eigenvalue weighted by molar-refractivity contribution is 8.73. The summed E-state index contributed by atoms with van der Waals surface area (Å²) in [4.78, 5) is 0. The Labute approximate surface area is 40.1 Å². The Bertz CT molecular complexity index is 18.9. The first-order chi connectivity index (χ1) is 2.27. The Kier molecular flexibility index (Phi) is 3.32. The van der Waals surface area contributed by atoms with Crippen molar-refractivity contribution in [1.82, 2.24) is 0 Å². The average molecular weight is 109 g/mol. The molecule has 0 amide bonds. The van der Waals surface area contributed by atoms with E-state index in [0.29, 0.717) is 9.93 Å². The zero-order chi connectivity index (χ0) is 4.28. The first-order valence-corrected chi connectivity index (χ1v) is 5.17. The monoisotopic (exact) mass is 109 g/mol. The number of hydrogen-bond acceptors (Lipinski definition) is 1. The maximum atomic E-state index is 2.21. The van der Waals surface area contributed by atoms with Gasteiger partial charge in [0.1, 0.15) is 12.5 Å². The van der Waals surface area contributed by atoms with Gasteiger partial charge >= 0.3 is 0 Å². The Morgan fingerprint density at radius 3 is 1.60 bits per heavy atom. The van der Waals surface area contributed by atoms with Gasteiger partial charge in [0.25, 0.3) is 0 Å². The Hall–Kier alpha value is 0.700. The number of hydrogen-bond donors (Lipinski definition) is 0. The molecule has 0 rings (SSSR count). The van der Waals surface area contributed by atoms with Crippen LogP contribution in [0.15, 0.2) is 0 Å². The van der Waals surface area contributed by atoms with E-state index in [1.165, 1.54) is 0 Å². The van der Waals surface area contributed by atoms with Crippen molar-refractivity contribution in [1.29, 1.82) is 0 Å². The van der Waals surface area contributed by atoms with E-state index in [4.69, 9.17) is 0 Å². The van der Waals surface area contributed by atoms with E-state index in [2.05, 4.69) is 18.8 Å². The molecular weight excluding hydrogens is 100 g/mol. The van der Waals surface area contributed by atoms with Crippen LogP contribution in [0.3, 0.4) is 0 Å². The molecule has 0 aliphatic heterocycles. The van der Waals surface area contributed by atoms with Crippen LogP contribution in [0.5, 0.6) is 0 Å². The largest absolute Gasteiger partial charge is 0.109 e. The summed E-state index contributed by atoms with van der Waals surface area (Å²) in [5.74, 6) is 0. The third kappa shape index (κ3) is 4.70. The van der Waals surface area contributed by atoms with Gasteiger partial charge in [-0.2, -0.15) is 0 Å². The molecule has 2 heteroatoms. The van der Waals surface area contributed by atoms with Crippen molar-refractivity contribution in [2.75, 3.05) is 18.8 Å². The molecule has 0 aromatic rings. The molecule has 0 nitrogen and oxygen atoms in total. The summed E-state index contributed by atoms with van der Waals surface area (Å²) in [6.07, 6.45) is 6.55. The highest BCUT2D eigenvalue weighted by atomic mass is 33.1. The van der Waals surface area contributed by atoms with Crippen LogP contribution in [0.2, 0.25) is 0 Å². The summed E-state index contributed by atoms with van der Waals surface area (Å²) in [5.41, 5.74) is 0. The molecular formula is C3H9S2+. The summed E-state index contributed by atoms with van der Waals surface area (Å²) >= 11 is 0. The fourth-order valence-corrected chi connectivity index (χ4v) is 0. The third-order valence-corrected chi connectivity index (χ3v) is 3.00. The minimum atomic E-state index is 0.594. The van der Waals surface area contributed by atoms with Gasteiger partial charge in [0, 0.05) is 6.26 Å². The van der Waals surface area contributed by atoms with E-state index >= 15 is 0 Å². The van der Waals surface area contributed by atoms with Crippen molar-refractivity contribution in [3.8, 4) is 0 Å². The van der Waals surface area contributed by atoms with Crippen molar-refractivity contribution in [3.63, 3.8) is 0 Å². The van der Waals surface area contributed by atoms with Gasteiger partial charge in [-0.25, -0.2) is 0 Å². The fourth-order valence-electron chi connectivity index (χ4n) is 0. The lowest BCUT2D eigenvalue weighted by Crippen LogP contribution is -1.80. The minimum absolute atomic E-state index is 0.594. The first kappa shape index (κ1) is 5.70. The molecule has 0 spiro atoms. The molecule has 32 valence electrons. The Balaban J connectivity index is 2.54. The molecule has 0 atom stereocenters. The predicted molar refractivity (Wildman–Crippen MR) is 32.7 cm³/mol. The van der Waals surface area contributed by atoms with Crippen LogP contribution < -0.4 is 0 Å². The van der Waals surface area contributed by atoms with Crippen molar-refractivity contribution in [3.05, 3.63) is 0 Å². The SMILES string of the molecule is CS[S+](C)C. The average Bonchev–Trinajstić information content (AvgIpc) is 1.38. The lowest BCUT2D eigenvalue weighted by atomic mass is 11.9. The van der Waals surface area contributed by atoms with E-state index < -0.39 is 0 Å². The van der Waals surface area contributed by atoms with E-state index in [0.717, 1.165) is 0 Å². The van der Waals surface area contributed by atoms with Gasteiger partial charge in [-0.05, 0) is 0 Å². The molecule has 0 bridgehead atoms. The smallest absolute Gasteiger partial charge is 0.0317 e. The molecule has 0 aromatic heterocycles. The maximum absolute atomic E-state index is 2.21. The van der Waals surface area contributed by atoms with Crippen molar-refractivity contribution < 1.29 is 0 Å². The van der Waals surface area contributed by atoms with Crippen LogP contribution in [0.25, 0.3) is 0 Å². The summed E-state index contributed by atoms with van der Waals surface area (Å²) < 4.78 is 0. The zero-order valence-corrected chi connectivity index (χ0v) is 5.45. The highest BCUT2D eigenvalue weighted by Crippen LogP contribution is 2.01. The van der Waals surface area contributed by atoms with Gasteiger partial charge in [0.2, 0.25) is 0 Å². The Morgan fingerprint density at radius 1 is 1.40 bits per heavy atom. The van der Waals surface area contributed by atoms with Gasteiger partial charge in [-0.3, -0.25) is 0 Å². The predicted octanol–water partition coefficient (Wildman–Crippen LogP) is 1.14. The summed E-state index contributed by atoms with van der Waals surface area (Å²) in [6, 6.07) is 0. The second-order valence-corrected chi connectivity index (χ2v) is 5.72. The molecule has 0 fully saturated rings. The Morgan fingerprint density at radius 2 is 1.60 bits per heavy atom. The maximum Gasteiger partial charge on any atom is 0.109 e. The van der Waals surface area contributed by atoms with E-state index in [1.54, 1.807) is 0 Å². The van der Waals surface area contributed by atoms with Gasteiger partial charge in [-0.1, -0.05) is 0 Å². The van der Waals surface area contributed by atoms with Crippen molar-refractivity contribution in [2.45, 2.75) is 0 Å². The van der Waals surface area contributed by atoms with Gasteiger partial charge in [-0.15, -0.1) is 0 Å². The molecule has 0 aliphatic rings. The molecule has 5 heavy (non-hydrogen) atoms. The van der Waals surface area contributed by atoms with Gasteiger partial charge in [0.15, 0.2) is 0 Å². The summed E-state index contributed by atoms with van der Waals surface area (Å²) in [6.45, 7) is 0. The second-order valence-electron chi connectivity index (χ2n) is 0.908. The normalized spacial score (nSPS) is 9.60. The lowest BCUT2D eigenvalue weighted by Gasteiger charge is -1.77.